The maximum atomic E-state index is 12.3. The monoisotopic (exact) mass is 233 g/mol. The molecular formula is C14H19NO2. The van der Waals surface area contributed by atoms with Crippen LogP contribution < -0.4 is 0 Å². The quantitative estimate of drug-likeness (QED) is 0.747. The molecule has 3 nitrogen and oxygen atoms in total. The number of piperidine rings is 1. The van der Waals surface area contributed by atoms with Crippen LogP contribution in [0.5, 0.6) is 0 Å². The van der Waals surface area contributed by atoms with Crippen molar-refractivity contribution in [2.24, 2.45) is 5.92 Å². The van der Waals surface area contributed by atoms with Gasteiger partial charge in [-0.15, -0.1) is 0 Å². The highest BCUT2D eigenvalue weighted by molar-refractivity contribution is 5.91. The molecule has 1 aliphatic carbocycles. The zero-order valence-electron chi connectivity index (χ0n) is 10.1. The van der Waals surface area contributed by atoms with Gasteiger partial charge in [-0.3, -0.25) is 4.79 Å². The number of likely N-dealkylation sites (tertiary alicyclic amines) is 1. The van der Waals surface area contributed by atoms with Crippen molar-refractivity contribution in [3.63, 3.8) is 0 Å². The minimum Gasteiger partial charge on any atom is -0.459 e. The average molecular weight is 233 g/mol. The number of carbonyl (C=O) groups is 1. The molecule has 2 atom stereocenters. The van der Waals surface area contributed by atoms with Gasteiger partial charge in [0, 0.05) is 12.6 Å². The van der Waals surface area contributed by atoms with Crippen molar-refractivity contribution >= 4 is 5.91 Å². The summed E-state index contributed by atoms with van der Waals surface area (Å²) in [6.45, 7) is 0.903. The molecule has 3 heteroatoms. The molecule has 1 saturated heterocycles. The van der Waals surface area contributed by atoms with E-state index in [1.165, 1.54) is 32.1 Å². The standard InChI is InChI=1S/C14H19NO2/c16-14(13-8-4-10-17-13)15-9-3-6-11-5-1-2-7-12(11)15/h4,8,10-12H,1-3,5-7,9H2/t11-,12-/m1/s1. The van der Waals surface area contributed by atoms with E-state index in [9.17, 15) is 4.79 Å². The lowest BCUT2D eigenvalue weighted by Crippen LogP contribution is -2.49. The molecule has 0 bridgehead atoms. The Morgan fingerprint density at radius 1 is 1.24 bits per heavy atom. The van der Waals surface area contributed by atoms with Gasteiger partial charge in [0.15, 0.2) is 5.76 Å². The van der Waals surface area contributed by atoms with Gasteiger partial charge >= 0.3 is 0 Å². The molecule has 2 aliphatic rings. The van der Waals surface area contributed by atoms with Crippen molar-refractivity contribution in [1.82, 2.24) is 4.90 Å². The second-order valence-electron chi connectivity index (χ2n) is 5.23. The molecule has 0 spiro atoms. The predicted octanol–water partition coefficient (Wildman–Crippen LogP) is 3.07. The van der Waals surface area contributed by atoms with E-state index < -0.39 is 0 Å². The number of hydrogen-bond donors (Lipinski definition) is 0. The lowest BCUT2D eigenvalue weighted by atomic mass is 9.78. The lowest BCUT2D eigenvalue weighted by molar-refractivity contribution is 0.0362. The van der Waals surface area contributed by atoms with Crippen LogP contribution in [0.15, 0.2) is 22.8 Å². The third-order valence-electron chi connectivity index (χ3n) is 4.24. The normalized spacial score (nSPS) is 28.8. The molecule has 0 N–H and O–H groups in total. The third-order valence-corrected chi connectivity index (χ3v) is 4.24. The zero-order chi connectivity index (χ0) is 11.7. The number of amides is 1. The highest BCUT2D eigenvalue weighted by atomic mass is 16.3. The fourth-order valence-electron chi connectivity index (χ4n) is 3.42. The molecule has 1 amide bonds. The fraction of sp³-hybridized carbons (Fsp3) is 0.643. The summed E-state index contributed by atoms with van der Waals surface area (Å²) < 4.78 is 5.24. The Hall–Kier alpha value is -1.25. The van der Waals surface area contributed by atoms with Crippen molar-refractivity contribution in [1.29, 1.82) is 0 Å². The summed E-state index contributed by atoms with van der Waals surface area (Å²) in [5.74, 6) is 1.32. The van der Waals surface area contributed by atoms with Crippen LogP contribution >= 0.6 is 0 Å². The van der Waals surface area contributed by atoms with Crippen molar-refractivity contribution < 1.29 is 9.21 Å². The number of nitrogens with zero attached hydrogens (tertiary/aromatic N) is 1. The number of hydrogen-bond acceptors (Lipinski definition) is 2. The molecule has 17 heavy (non-hydrogen) atoms. The van der Waals surface area contributed by atoms with E-state index >= 15 is 0 Å². The van der Waals surface area contributed by atoms with Crippen LogP contribution in [0.2, 0.25) is 0 Å². The average Bonchev–Trinajstić information content (AvgIpc) is 2.91. The molecule has 92 valence electrons. The van der Waals surface area contributed by atoms with Crippen LogP contribution in [0.3, 0.4) is 0 Å². The molecule has 1 saturated carbocycles. The van der Waals surface area contributed by atoms with Crippen molar-refractivity contribution in [3.8, 4) is 0 Å². The summed E-state index contributed by atoms with van der Waals surface area (Å²) >= 11 is 0. The van der Waals surface area contributed by atoms with Crippen LogP contribution in [-0.4, -0.2) is 23.4 Å². The van der Waals surface area contributed by atoms with Gasteiger partial charge < -0.3 is 9.32 Å². The van der Waals surface area contributed by atoms with Gasteiger partial charge in [-0.1, -0.05) is 12.8 Å². The molecule has 2 heterocycles. The van der Waals surface area contributed by atoms with E-state index in [-0.39, 0.29) is 5.91 Å². The van der Waals surface area contributed by atoms with Gasteiger partial charge in [0.05, 0.1) is 6.26 Å². The van der Waals surface area contributed by atoms with Crippen molar-refractivity contribution in [3.05, 3.63) is 24.2 Å². The molecule has 1 aromatic rings. The Morgan fingerprint density at radius 3 is 2.88 bits per heavy atom. The third kappa shape index (κ3) is 1.99. The number of carbonyl (C=O) groups excluding carboxylic acids is 1. The Bertz CT molecular complexity index is 383. The number of rotatable bonds is 1. The van der Waals surface area contributed by atoms with Crippen LogP contribution in [-0.2, 0) is 0 Å². The van der Waals surface area contributed by atoms with Crippen molar-refractivity contribution in [2.75, 3.05) is 6.54 Å². The molecule has 2 fully saturated rings. The Balaban J connectivity index is 1.79. The molecule has 3 rings (SSSR count). The Kier molecular flexibility index (Phi) is 2.91. The molecule has 0 aromatic carbocycles. The summed E-state index contributed by atoms with van der Waals surface area (Å²) in [7, 11) is 0. The van der Waals surface area contributed by atoms with E-state index in [0.717, 1.165) is 18.9 Å². The largest absolute Gasteiger partial charge is 0.459 e. The summed E-state index contributed by atoms with van der Waals surface area (Å²) in [4.78, 5) is 14.4. The van der Waals surface area contributed by atoms with Crippen LogP contribution in [0.25, 0.3) is 0 Å². The first-order valence-corrected chi connectivity index (χ1v) is 6.71. The van der Waals surface area contributed by atoms with Crippen molar-refractivity contribution in [2.45, 2.75) is 44.6 Å². The van der Waals surface area contributed by atoms with Crippen LogP contribution in [0.1, 0.15) is 49.1 Å². The smallest absolute Gasteiger partial charge is 0.289 e. The second-order valence-corrected chi connectivity index (χ2v) is 5.23. The maximum absolute atomic E-state index is 12.3. The van der Waals surface area contributed by atoms with E-state index in [1.54, 1.807) is 18.4 Å². The molecule has 0 unspecified atom stereocenters. The summed E-state index contributed by atoms with van der Waals surface area (Å²) in [6, 6.07) is 4.03. The lowest BCUT2D eigenvalue weighted by Gasteiger charge is -2.43. The first-order chi connectivity index (χ1) is 8.36. The van der Waals surface area contributed by atoms with Gasteiger partial charge in [-0.2, -0.15) is 0 Å². The van der Waals surface area contributed by atoms with E-state index in [2.05, 4.69) is 4.90 Å². The van der Waals surface area contributed by atoms with E-state index in [1.807, 2.05) is 0 Å². The minimum atomic E-state index is 0.0894. The topological polar surface area (TPSA) is 33.5 Å². The van der Waals surface area contributed by atoms with Gasteiger partial charge in [0.2, 0.25) is 0 Å². The number of furan rings is 1. The second kappa shape index (κ2) is 4.55. The van der Waals surface area contributed by atoms with Gasteiger partial charge in [0.25, 0.3) is 5.91 Å². The first kappa shape index (κ1) is 10.9. The minimum absolute atomic E-state index is 0.0894. The first-order valence-electron chi connectivity index (χ1n) is 6.71. The van der Waals surface area contributed by atoms with E-state index in [0.29, 0.717) is 11.8 Å². The highest BCUT2D eigenvalue weighted by Gasteiger charge is 2.36. The van der Waals surface area contributed by atoms with Gasteiger partial charge in [-0.25, -0.2) is 0 Å². The predicted molar refractivity (Wildman–Crippen MR) is 64.7 cm³/mol. The molecule has 1 aliphatic heterocycles. The van der Waals surface area contributed by atoms with Crippen LogP contribution in [0.4, 0.5) is 0 Å². The van der Waals surface area contributed by atoms with Crippen LogP contribution in [0, 0.1) is 5.92 Å². The Morgan fingerprint density at radius 2 is 2.06 bits per heavy atom. The molecule has 0 radical (unpaired) electrons. The van der Waals surface area contributed by atoms with Gasteiger partial charge in [-0.05, 0) is 43.7 Å². The summed E-state index contributed by atoms with van der Waals surface area (Å²) in [6.07, 6.45) is 9.10. The highest BCUT2D eigenvalue weighted by Crippen LogP contribution is 2.35. The SMILES string of the molecule is O=C(c1ccco1)N1CCC[C@H]2CCCC[C@H]21. The fourth-order valence-corrected chi connectivity index (χ4v) is 3.42. The maximum Gasteiger partial charge on any atom is 0.289 e. The molecule has 1 aromatic heterocycles. The number of fused-ring (bicyclic) bond motifs is 1. The zero-order valence-corrected chi connectivity index (χ0v) is 10.1. The van der Waals surface area contributed by atoms with E-state index in [4.69, 9.17) is 4.42 Å². The Labute approximate surface area is 102 Å². The van der Waals surface area contributed by atoms with Gasteiger partial charge in [0.1, 0.15) is 0 Å². The molecular weight excluding hydrogens is 214 g/mol. The summed E-state index contributed by atoms with van der Waals surface area (Å²) in [5.41, 5.74) is 0. The summed E-state index contributed by atoms with van der Waals surface area (Å²) in [5, 5.41) is 0.